The van der Waals surface area contributed by atoms with Gasteiger partial charge in [-0.25, -0.2) is 4.58 Å². The average Bonchev–Trinajstić information content (AvgIpc) is 3.03. The van der Waals surface area contributed by atoms with Crippen molar-refractivity contribution in [2.45, 2.75) is 12.8 Å². The Morgan fingerprint density at radius 2 is 1.25 bits per heavy atom. The maximum absolute atomic E-state index is 11.1. The number of aliphatic carboxylic acids is 1. The first-order chi connectivity index (χ1) is 21.1. The van der Waals surface area contributed by atoms with Crippen LogP contribution in [0, 0.1) is 0 Å². The van der Waals surface area contributed by atoms with Crippen LogP contribution in [0.2, 0.25) is 0 Å². The van der Waals surface area contributed by atoms with E-state index < -0.39 is 5.97 Å². The van der Waals surface area contributed by atoms with Crippen molar-refractivity contribution in [1.82, 2.24) is 0 Å². The third kappa shape index (κ3) is 7.04. The monoisotopic (exact) mass is 610 g/mol. The number of hydrogen-bond acceptors (Lipinski definition) is 9. The Bertz CT molecular complexity index is 1430. The molecule has 2 aromatic rings. The number of methoxy groups -OCH3 is 6. The summed E-state index contributed by atoms with van der Waals surface area (Å²) < 4.78 is 38.0. The highest BCUT2D eigenvalue weighted by molar-refractivity contribution is 6.06. The van der Waals surface area contributed by atoms with Gasteiger partial charge in [-0.3, -0.25) is 4.79 Å². The Morgan fingerprint density at radius 3 is 1.61 bits per heavy atom. The van der Waals surface area contributed by atoms with Crippen molar-refractivity contribution in [2.75, 3.05) is 87.6 Å². The third-order valence-corrected chi connectivity index (χ3v) is 7.37. The summed E-state index contributed by atoms with van der Waals surface area (Å²) in [7, 11) is 17.2. The molecule has 0 saturated heterocycles. The predicted molar refractivity (Wildman–Crippen MR) is 172 cm³/mol. The molecule has 11 heteroatoms. The van der Waals surface area contributed by atoms with Crippen LogP contribution in [0.1, 0.15) is 24.0 Å². The van der Waals surface area contributed by atoms with Gasteiger partial charge in [-0.15, -0.1) is 0 Å². The van der Waals surface area contributed by atoms with Crippen LogP contribution in [0.5, 0.6) is 23.0 Å². The molecule has 238 valence electrons. The SMILES string of the molecule is CNc1cc(OC)c(C(=C2C(OC)=CC(=[N+](C)C)C=C2OC)c2c(OC)cc(N(C)CCCC(=O)O)cc2OC)c(OC)c1. The molecule has 0 heterocycles. The molecular formula is C33H44N3O8+. The van der Waals surface area contributed by atoms with E-state index in [1.807, 2.05) is 74.1 Å². The summed E-state index contributed by atoms with van der Waals surface area (Å²) in [6.07, 6.45) is 4.42. The molecule has 0 unspecified atom stereocenters. The minimum absolute atomic E-state index is 0.0688. The van der Waals surface area contributed by atoms with Crippen LogP contribution in [-0.4, -0.2) is 98.8 Å². The van der Waals surface area contributed by atoms with Gasteiger partial charge in [0.1, 0.15) is 48.6 Å². The number of anilines is 2. The van der Waals surface area contributed by atoms with E-state index in [-0.39, 0.29) is 6.42 Å². The van der Waals surface area contributed by atoms with E-state index in [2.05, 4.69) is 5.32 Å². The fourth-order valence-corrected chi connectivity index (χ4v) is 5.04. The number of carboxylic acid groups (broad SMARTS) is 1. The van der Waals surface area contributed by atoms with Crippen LogP contribution in [0.3, 0.4) is 0 Å². The lowest BCUT2D eigenvalue weighted by atomic mass is 9.86. The highest BCUT2D eigenvalue weighted by Gasteiger charge is 2.34. The summed E-state index contributed by atoms with van der Waals surface area (Å²) in [6.45, 7) is 0.523. The van der Waals surface area contributed by atoms with Crippen molar-refractivity contribution in [3.8, 4) is 23.0 Å². The zero-order valence-corrected chi connectivity index (χ0v) is 27.3. The Kier molecular flexibility index (Phi) is 11.6. The van der Waals surface area contributed by atoms with Crippen LogP contribution in [0.15, 0.2) is 53.5 Å². The van der Waals surface area contributed by atoms with Crippen molar-refractivity contribution in [3.63, 3.8) is 0 Å². The molecule has 0 aromatic heterocycles. The van der Waals surface area contributed by atoms with E-state index in [4.69, 9.17) is 33.5 Å². The van der Waals surface area contributed by atoms with Gasteiger partial charge in [0.2, 0.25) is 5.71 Å². The standard InChI is InChI=1S/C33H43N3O8/c1-34-20-14-23(39-5)30(24(15-20)40-6)33(31-25(41-7)16-21(35(2)3)17-26(31)42-8)32-27(43-9)18-22(19-28(32)44-10)36(4)13-11-12-29(37)38/h14-19H,11-13H2,1-10H3,(H,37,38)/p+1. The van der Waals surface area contributed by atoms with E-state index >= 15 is 0 Å². The Hall–Kier alpha value is -4.80. The lowest BCUT2D eigenvalue weighted by molar-refractivity contribution is -0.462. The first kappa shape index (κ1) is 33.7. The second-order valence-corrected chi connectivity index (χ2v) is 10.1. The third-order valence-electron chi connectivity index (χ3n) is 7.37. The molecule has 0 spiro atoms. The number of carboxylic acids is 1. The molecule has 0 bridgehead atoms. The molecule has 0 aliphatic heterocycles. The number of nitrogens with zero attached hydrogens (tertiary/aromatic N) is 2. The zero-order chi connectivity index (χ0) is 32.6. The predicted octanol–water partition coefficient (Wildman–Crippen LogP) is 4.65. The van der Waals surface area contributed by atoms with E-state index in [1.54, 1.807) is 42.7 Å². The van der Waals surface area contributed by atoms with E-state index in [0.29, 0.717) is 69.8 Å². The van der Waals surface area contributed by atoms with E-state index in [1.165, 1.54) is 0 Å². The summed E-state index contributed by atoms with van der Waals surface area (Å²) in [6, 6.07) is 7.56. The summed E-state index contributed by atoms with van der Waals surface area (Å²) >= 11 is 0. The molecule has 1 aliphatic carbocycles. The van der Waals surface area contributed by atoms with Gasteiger partial charge in [-0.2, -0.15) is 0 Å². The molecule has 1 aliphatic rings. The van der Waals surface area contributed by atoms with Crippen LogP contribution in [-0.2, 0) is 14.3 Å². The molecule has 0 amide bonds. The average molecular weight is 611 g/mol. The van der Waals surface area contributed by atoms with Gasteiger partial charge in [-0.05, 0) is 6.42 Å². The van der Waals surface area contributed by atoms with Crippen LogP contribution < -0.4 is 29.2 Å². The van der Waals surface area contributed by atoms with Gasteiger partial charge in [0.05, 0.1) is 71.5 Å². The summed E-state index contributed by atoms with van der Waals surface area (Å²) in [5.41, 5.74) is 4.97. The summed E-state index contributed by atoms with van der Waals surface area (Å²) in [5.74, 6) is 2.32. The number of rotatable bonds is 14. The van der Waals surface area contributed by atoms with Gasteiger partial charge < -0.3 is 43.7 Å². The lowest BCUT2D eigenvalue weighted by Gasteiger charge is -2.28. The smallest absolute Gasteiger partial charge is 0.303 e. The molecule has 3 rings (SSSR count). The van der Waals surface area contributed by atoms with Gasteiger partial charge in [0.25, 0.3) is 0 Å². The first-order valence-corrected chi connectivity index (χ1v) is 14.0. The number of hydrogen-bond donors (Lipinski definition) is 2. The Balaban J connectivity index is 2.54. The van der Waals surface area contributed by atoms with Gasteiger partial charge in [-0.1, -0.05) is 0 Å². The van der Waals surface area contributed by atoms with E-state index in [0.717, 1.165) is 17.1 Å². The van der Waals surface area contributed by atoms with Gasteiger partial charge >= 0.3 is 5.97 Å². The maximum Gasteiger partial charge on any atom is 0.303 e. The van der Waals surface area contributed by atoms with Crippen molar-refractivity contribution in [3.05, 3.63) is 64.6 Å². The number of nitrogens with one attached hydrogen (secondary N) is 1. The van der Waals surface area contributed by atoms with Crippen LogP contribution in [0.4, 0.5) is 11.4 Å². The second-order valence-electron chi connectivity index (χ2n) is 10.1. The Labute approximate surface area is 259 Å². The summed E-state index contributed by atoms with van der Waals surface area (Å²) in [4.78, 5) is 13.1. The molecule has 0 saturated carbocycles. The van der Waals surface area contributed by atoms with Crippen LogP contribution in [0.25, 0.3) is 5.57 Å². The first-order valence-electron chi connectivity index (χ1n) is 14.0. The number of benzene rings is 2. The molecule has 2 N–H and O–H groups in total. The number of ether oxygens (including phenoxy) is 6. The minimum atomic E-state index is -0.835. The summed E-state index contributed by atoms with van der Waals surface area (Å²) in [5, 5.41) is 12.3. The van der Waals surface area contributed by atoms with Crippen molar-refractivity contribution < 1.29 is 42.9 Å². The maximum atomic E-state index is 11.1. The van der Waals surface area contributed by atoms with Gasteiger partial charge in [0.15, 0.2) is 0 Å². The molecule has 2 aromatic carbocycles. The normalized spacial score (nSPS) is 12.5. The number of allylic oxidation sites excluding steroid dienone is 2. The quantitative estimate of drug-likeness (QED) is 0.293. The van der Waals surface area contributed by atoms with Crippen LogP contribution >= 0.6 is 0 Å². The molecule has 0 atom stereocenters. The fraction of sp³-hybridized carbons (Fsp3) is 0.394. The van der Waals surface area contributed by atoms with Crippen molar-refractivity contribution in [1.29, 1.82) is 0 Å². The highest BCUT2D eigenvalue weighted by atomic mass is 16.5. The molecule has 0 fully saturated rings. The highest BCUT2D eigenvalue weighted by Crippen LogP contribution is 2.51. The molecular weight excluding hydrogens is 566 g/mol. The molecule has 44 heavy (non-hydrogen) atoms. The number of carbonyl (C=O) groups is 1. The largest absolute Gasteiger partial charge is 0.496 e. The van der Waals surface area contributed by atoms with Crippen molar-refractivity contribution in [2.24, 2.45) is 0 Å². The van der Waals surface area contributed by atoms with E-state index in [9.17, 15) is 4.79 Å². The topological polar surface area (TPSA) is 111 Å². The minimum Gasteiger partial charge on any atom is -0.496 e. The molecule has 11 nitrogen and oxygen atoms in total. The zero-order valence-electron chi connectivity index (χ0n) is 27.3. The van der Waals surface area contributed by atoms with Gasteiger partial charge in [0, 0.05) is 68.3 Å². The second kappa shape index (κ2) is 15.1. The fourth-order valence-electron chi connectivity index (χ4n) is 5.04. The lowest BCUT2D eigenvalue weighted by Crippen LogP contribution is -2.20. The Morgan fingerprint density at radius 1 is 0.795 bits per heavy atom. The van der Waals surface area contributed by atoms with Crippen molar-refractivity contribution >= 4 is 28.6 Å². The molecule has 0 radical (unpaired) electrons.